The molecule has 0 radical (unpaired) electrons. The zero-order chi connectivity index (χ0) is 29.3. The lowest BCUT2D eigenvalue weighted by atomic mass is 9.90. The van der Waals surface area contributed by atoms with E-state index in [1.807, 2.05) is 36.2 Å². The van der Waals surface area contributed by atoms with Crippen molar-refractivity contribution in [1.82, 2.24) is 20.3 Å². The first-order valence-corrected chi connectivity index (χ1v) is 14.9. The maximum atomic E-state index is 14.9. The maximum absolute atomic E-state index is 14.9. The summed E-state index contributed by atoms with van der Waals surface area (Å²) < 4.78 is 38.2. The number of sulfonamides is 1. The summed E-state index contributed by atoms with van der Waals surface area (Å²) in [4.78, 5) is 38.9. The number of anilines is 3. The SMILES string of the molecule is Cc1nc(N(C)Cc2ccc(C3CCC(=O)NC3=O)cc2)sc1-c1nc(Nc2cccc(S(N)(=O)=O)c2)ncc1F. The van der Waals surface area contributed by atoms with Gasteiger partial charge in [0.1, 0.15) is 5.69 Å². The number of hydrogen-bond acceptors (Lipinski definition) is 10. The minimum atomic E-state index is -3.90. The van der Waals surface area contributed by atoms with E-state index in [1.165, 1.54) is 29.5 Å². The number of carbonyl (C=O) groups excluding carboxylic acids is 2. The van der Waals surface area contributed by atoms with Crippen LogP contribution in [0.25, 0.3) is 10.6 Å². The van der Waals surface area contributed by atoms with Crippen molar-refractivity contribution in [2.45, 2.75) is 37.1 Å². The lowest BCUT2D eigenvalue weighted by Gasteiger charge is -2.21. The third-order valence-electron chi connectivity index (χ3n) is 6.53. The molecule has 0 bridgehead atoms. The van der Waals surface area contributed by atoms with E-state index in [0.717, 1.165) is 17.3 Å². The van der Waals surface area contributed by atoms with Crippen LogP contribution in [-0.2, 0) is 26.2 Å². The molecule has 0 spiro atoms. The normalized spacial score (nSPS) is 15.5. The van der Waals surface area contributed by atoms with Gasteiger partial charge in [0.15, 0.2) is 10.9 Å². The van der Waals surface area contributed by atoms with Crippen LogP contribution in [0.15, 0.2) is 59.6 Å². The van der Waals surface area contributed by atoms with Gasteiger partial charge < -0.3 is 10.2 Å². The monoisotopic (exact) mass is 595 g/mol. The summed E-state index contributed by atoms with van der Waals surface area (Å²) in [7, 11) is -2.03. The number of nitrogens with one attached hydrogen (secondary N) is 2. The van der Waals surface area contributed by atoms with Gasteiger partial charge >= 0.3 is 0 Å². The van der Waals surface area contributed by atoms with Crippen molar-refractivity contribution in [2.24, 2.45) is 5.14 Å². The first-order chi connectivity index (χ1) is 19.5. The largest absolute Gasteiger partial charge is 0.347 e. The first-order valence-electron chi connectivity index (χ1n) is 12.5. The number of halogens is 1. The number of piperidine rings is 1. The number of aryl methyl sites for hydroxylation is 1. The van der Waals surface area contributed by atoms with E-state index in [4.69, 9.17) is 5.14 Å². The van der Waals surface area contributed by atoms with E-state index in [1.54, 1.807) is 13.0 Å². The van der Waals surface area contributed by atoms with Crippen LogP contribution < -0.4 is 20.7 Å². The van der Waals surface area contributed by atoms with Crippen LogP contribution in [0.5, 0.6) is 0 Å². The molecule has 4 N–H and O–H groups in total. The number of imide groups is 1. The molecule has 0 saturated carbocycles. The minimum absolute atomic E-state index is 0.0633. The summed E-state index contributed by atoms with van der Waals surface area (Å²) in [6.07, 6.45) is 1.85. The second kappa shape index (κ2) is 11.3. The van der Waals surface area contributed by atoms with Crippen molar-refractivity contribution in [1.29, 1.82) is 0 Å². The molecule has 1 saturated heterocycles. The Bertz CT molecular complexity index is 1740. The van der Waals surface area contributed by atoms with Gasteiger partial charge in [-0.25, -0.2) is 32.9 Å². The second-order valence-electron chi connectivity index (χ2n) is 9.60. The summed E-state index contributed by atoms with van der Waals surface area (Å²) in [6.45, 7) is 2.28. The highest BCUT2D eigenvalue weighted by Crippen LogP contribution is 2.35. The van der Waals surface area contributed by atoms with Crippen LogP contribution in [0, 0.1) is 12.7 Å². The van der Waals surface area contributed by atoms with Crippen molar-refractivity contribution in [3.8, 4) is 10.6 Å². The van der Waals surface area contributed by atoms with Gasteiger partial charge in [-0.2, -0.15) is 0 Å². The maximum Gasteiger partial charge on any atom is 0.238 e. The second-order valence-corrected chi connectivity index (χ2v) is 12.1. The highest BCUT2D eigenvalue weighted by Gasteiger charge is 2.28. The van der Waals surface area contributed by atoms with Gasteiger partial charge in [-0.05, 0) is 42.7 Å². The molecular formula is C27H26FN7O4S2. The van der Waals surface area contributed by atoms with Gasteiger partial charge in [-0.1, -0.05) is 41.7 Å². The van der Waals surface area contributed by atoms with E-state index in [2.05, 4.69) is 25.6 Å². The number of aromatic nitrogens is 3. The molecular weight excluding hydrogens is 569 g/mol. The average Bonchev–Trinajstić information content (AvgIpc) is 3.31. The summed E-state index contributed by atoms with van der Waals surface area (Å²) in [6, 6.07) is 13.5. The smallest absolute Gasteiger partial charge is 0.238 e. The van der Waals surface area contributed by atoms with Crippen molar-refractivity contribution < 1.29 is 22.4 Å². The molecule has 0 aliphatic carbocycles. The number of rotatable bonds is 8. The minimum Gasteiger partial charge on any atom is -0.347 e. The van der Waals surface area contributed by atoms with E-state index in [-0.39, 0.29) is 34.3 Å². The molecule has 1 fully saturated rings. The molecule has 2 amide bonds. The zero-order valence-electron chi connectivity index (χ0n) is 22.1. The van der Waals surface area contributed by atoms with Gasteiger partial charge in [-0.15, -0.1) is 0 Å². The average molecular weight is 596 g/mol. The van der Waals surface area contributed by atoms with Gasteiger partial charge in [0.2, 0.25) is 27.8 Å². The van der Waals surface area contributed by atoms with Crippen LogP contribution in [0.4, 0.5) is 21.2 Å². The Morgan fingerprint density at radius 2 is 1.93 bits per heavy atom. The highest BCUT2D eigenvalue weighted by molar-refractivity contribution is 7.89. The number of thiazole rings is 1. The van der Waals surface area contributed by atoms with E-state index in [9.17, 15) is 22.4 Å². The first kappa shape index (κ1) is 28.3. The van der Waals surface area contributed by atoms with Crippen molar-refractivity contribution in [2.75, 3.05) is 17.3 Å². The standard InChI is InChI=1S/C27H26FN7O4S2/c1-15-24(23-21(28)13-30-26(34-23)32-18-4-3-5-19(12-18)41(29,38)39)40-27(31-15)35(2)14-16-6-8-17(9-7-16)20-10-11-22(36)33-25(20)37/h3-9,12-13,20H,10-11,14H2,1-2H3,(H2,29,38,39)(H,30,32,34)(H,33,36,37). The topological polar surface area (TPSA) is 160 Å². The molecule has 1 aliphatic rings. The number of amides is 2. The van der Waals surface area contributed by atoms with Gasteiger partial charge in [-0.3, -0.25) is 14.9 Å². The summed E-state index contributed by atoms with van der Waals surface area (Å²) in [5, 5.41) is 11.1. The quantitative estimate of drug-likeness (QED) is 0.259. The molecule has 3 heterocycles. The molecule has 5 rings (SSSR count). The van der Waals surface area contributed by atoms with E-state index >= 15 is 0 Å². The Morgan fingerprint density at radius 3 is 2.63 bits per heavy atom. The Labute approximate surface area is 239 Å². The zero-order valence-corrected chi connectivity index (χ0v) is 23.7. The molecule has 41 heavy (non-hydrogen) atoms. The number of nitrogens with two attached hydrogens (primary N) is 1. The van der Waals surface area contributed by atoms with Crippen LogP contribution in [0.3, 0.4) is 0 Å². The van der Waals surface area contributed by atoms with Crippen LogP contribution >= 0.6 is 11.3 Å². The van der Waals surface area contributed by atoms with Crippen molar-refractivity contribution >= 4 is 49.9 Å². The fraction of sp³-hybridized carbons (Fsp3) is 0.222. The van der Waals surface area contributed by atoms with Crippen molar-refractivity contribution in [3.05, 3.63) is 77.4 Å². The number of hydrogen-bond donors (Lipinski definition) is 3. The Hall–Kier alpha value is -4.27. The molecule has 4 aromatic rings. The lowest BCUT2D eigenvalue weighted by Crippen LogP contribution is -2.39. The number of carbonyl (C=O) groups is 2. The summed E-state index contributed by atoms with van der Waals surface area (Å²) >= 11 is 1.28. The Balaban J connectivity index is 1.32. The Kier molecular flexibility index (Phi) is 7.80. The van der Waals surface area contributed by atoms with Crippen LogP contribution in [0.2, 0.25) is 0 Å². The van der Waals surface area contributed by atoms with Gasteiger partial charge in [0.25, 0.3) is 0 Å². The molecule has 11 nitrogen and oxygen atoms in total. The summed E-state index contributed by atoms with van der Waals surface area (Å²) in [5.41, 5.74) is 2.87. The molecule has 1 unspecified atom stereocenters. The van der Waals surface area contributed by atoms with Crippen LogP contribution in [0.1, 0.15) is 35.6 Å². The number of primary sulfonamides is 1. The molecule has 212 valence electrons. The summed E-state index contributed by atoms with van der Waals surface area (Å²) in [5.74, 6) is -1.41. The predicted octanol–water partition coefficient (Wildman–Crippen LogP) is 3.60. The lowest BCUT2D eigenvalue weighted by molar-refractivity contribution is -0.134. The van der Waals surface area contributed by atoms with Gasteiger partial charge in [0, 0.05) is 25.7 Å². The molecule has 2 aromatic heterocycles. The van der Waals surface area contributed by atoms with E-state index in [0.29, 0.717) is 40.8 Å². The molecule has 1 aliphatic heterocycles. The fourth-order valence-corrected chi connectivity index (χ4v) is 6.02. The fourth-order valence-electron chi connectivity index (χ4n) is 4.44. The van der Waals surface area contributed by atoms with Crippen molar-refractivity contribution in [3.63, 3.8) is 0 Å². The third-order valence-corrected chi connectivity index (χ3v) is 8.72. The predicted molar refractivity (Wildman–Crippen MR) is 153 cm³/mol. The molecule has 2 aromatic carbocycles. The van der Waals surface area contributed by atoms with Gasteiger partial charge in [0.05, 0.1) is 27.6 Å². The molecule has 1 atom stereocenters. The van der Waals surface area contributed by atoms with E-state index < -0.39 is 15.8 Å². The molecule has 14 heteroatoms. The number of benzene rings is 2. The highest BCUT2D eigenvalue weighted by atomic mass is 32.2. The third kappa shape index (κ3) is 6.39. The van der Waals surface area contributed by atoms with Crippen LogP contribution in [-0.4, -0.2) is 42.2 Å². The number of nitrogens with zero attached hydrogens (tertiary/aromatic N) is 4. The Morgan fingerprint density at radius 1 is 1.17 bits per heavy atom.